The number of anilines is 3. The first-order valence-corrected chi connectivity index (χ1v) is 11.3. The third-order valence-electron chi connectivity index (χ3n) is 5.00. The number of aromatic hydroxyl groups is 1. The Hall–Kier alpha value is -4.43. The maximum absolute atomic E-state index is 12.9. The first-order valence-electron chi connectivity index (χ1n) is 10.5. The molecule has 2 aromatic heterocycles. The van der Waals surface area contributed by atoms with Crippen molar-refractivity contribution < 1.29 is 9.90 Å². The van der Waals surface area contributed by atoms with E-state index in [1.54, 1.807) is 30.5 Å². The fourth-order valence-corrected chi connectivity index (χ4v) is 4.23. The molecule has 34 heavy (non-hydrogen) atoms. The summed E-state index contributed by atoms with van der Waals surface area (Å²) in [7, 11) is 0. The third kappa shape index (κ3) is 4.82. The lowest BCUT2D eigenvalue weighted by molar-refractivity contribution is 0.102. The number of amides is 1. The van der Waals surface area contributed by atoms with Crippen LogP contribution in [0, 0.1) is 0 Å². The number of nitrogens with one attached hydrogen (secondary N) is 2. The minimum Gasteiger partial charge on any atom is -0.508 e. The van der Waals surface area contributed by atoms with Crippen molar-refractivity contribution in [2.24, 2.45) is 0 Å². The van der Waals surface area contributed by atoms with Gasteiger partial charge < -0.3 is 15.7 Å². The first-order chi connectivity index (χ1) is 16.7. The molecule has 0 fully saturated rings. The predicted molar refractivity (Wildman–Crippen MR) is 134 cm³/mol. The van der Waals surface area contributed by atoms with E-state index >= 15 is 0 Å². The zero-order valence-corrected chi connectivity index (χ0v) is 18.7. The van der Waals surface area contributed by atoms with E-state index in [0.29, 0.717) is 22.7 Å². The van der Waals surface area contributed by atoms with Crippen molar-refractivity contribution in [3.05, 3.63) is 103 Å². The zero-order valence-electron chi connectivity index (χ0n) is 17.8. The van der Waals surface area contributed by atoms with E-state index in [9.17, 15) is 9.90 Å². The molecule has 0 spiro atoms. The van der Waals surface area contributed by atoms with Gasteiger partial charge in [-0.15, -0.1) is 0 Å². The number of benzene rings is 3. The largest absolute Gasteiger partial charge is 0.508 e. The van der Waals surface area contributed by atoms with Crippen LogP contribution in [-0.2, 0) is 0 Å². The van der Waals surface area contributed by atoms with Gasteiger partial charge in [-0.3, -0.25) is 4.79 Å². The lowest BCUT2D eigenvalue weighted by Gasteiger charge is -2.14. The molecule has 7 nitrogen and oxygen atoms in total. The summed E-state index contributed by atoms with van der Waals surface area (Å²) < 4.78 is 0. The van der Waals surface area contributed by atoms with E-state index in [1.165, 1.54) is 18.1 Å². The lowest BCUT2D eigenvalue weighted by atomic mass is 10.1. The Kier molecular flexibility index (Phi) is 6.05. The molecule has 3 N–H and O–H groups in total. The van der Waals surface area contributed by atoms with E-state index in [1.807, 2.05) is 60.7 Å². The highest BCUT2D eigenvalue weighted by Gasteiger charge is 2.14. The van der Waals surface area contributed by atoms with Crippen molar-refractivity contribution >= 4 is 45.9 Å². The Morgan fingerprint density at radius 2 is 1.68 bits per heavy atom. The van der Waals surface area contributed by atoms with Crippen molar-refractivity contribution in [3.8, 4) is 5.75 Å². The van der Waals surface area contributed by atoms with Gasteiger partial charge >= 0.3 is 0 Å². The summed E-state index contributed by atoms with van der Waals surface area (Å²) >= 11 is 1.51. The summed E-state index contributed by atoms with van der Waals surface area (Å²) in [6.45, 7) is 0. The average molecular weight is 466 g/mol. The molecule has 0 aliphatic rings. The number of fused-ring (bicyclic) bond motifs is 1. The monoisotopic (exact) mass is 465 g/mol. The van der Waals surface area contributed by atoms with Gasteiger partial charge in [-0.1, -0.05) is 30.0 Å². The van der Waals surface area contributed by atoms with Crippen LogP contribution in [0.2, 0.25) is 0 Å². The van der Waals surface area contributed by atoms with Crippen molar-refractivity contribution in [1.29, 1.82) is 0 Å². The summed E-state index contributed by atoms with van der Waals surface area (Å²) in [6.07, 6.45) is 3.14. The molecule has 0 aliphatic carbocycles. The molecule has 166 valence electrons. The fraction of sp³-hybridized carbons (Fsp3) is 0. The summed E-state index contributed by atoms with van der Waals surface area (Å²) in [5.41, 5.74) is 2.50. The van der Waals surface area contributed by atoms with Crippen LogP contribution in [0.1, 0.15) is 10.4 Å². The second-order valence-corrected chi connectivity index (χ2v) is 8.46. The molecule has 2 heterocycles. The Morgan fingerprint density at radius 1 is 0.853 bits per heavy atom. The fourth-order valence-electron chi connectivity index (χ4n) is 3.35. The lowest BCUT2D eigenvalue weighted by Crippen LogP contribution is -2.12. The number of nitrogens with zero attached hydrogens (tertiary/aromatic N) is 3. The van der Waals surface area contributed by atoms with Gasteiger partial charge in [-0.2, -0.15) is 0 Å². The number of para-hydroxylation sites is 1. The van der Waals surface area contributed by atoms with E-state index in [0.717, 1.165) is 20.9 Å². The number of hydrogen-bond acceptors (Lipinski definition) is 7. The topological polar surface area (TPSA) is 100 Å². The summed E-state index contributed by atoms with van der Waals surface area (Å²) in [5.74, 6) is 0.575. The molecule has 5 rings (SSSR count). The second-order valence-electron chi connectivity index (χ2n) is 7.35. The van der Waals surface area contributed by atoms with Crippen molar-refractivity contribution in [1.82, 2.24) is 15.0 Å². The molecule has 0 saturated heterocycles. The summed E-state index contributed by atoms with van der Waals surface area (Å²) in [4.78, 5) is 27.7. The molecule has 0 aliphatic heterocycles. The van der Waals surface area contributed by atoms with Crippen LogP contribution in [-0.4, -0.2) is 26.0 Å². The molecule has 0 radical (unpaired) electrons. The van der Waals surface area contributed by atoms with Crippen molar-refractivity contribution in [2.75, 3.05) is 10.6 Å². The number of pyridine rings is 1. The molecule has 0 atom stereocenters. The summed E-state index contributed by atoms with van der Waals surface area (Å²) in [6, 6.07) is 25.5. The zero-order chi connectivity index (χ0) is 23.3. The van der Waals surface area contributed by atoms with Gasteiger partial charge in [0.25, 0.3) is 5.91 Å². The van der Waals surface area contributed by atoms with Gasteiger partial charge in [-0.25, -0.2) is 15.0 Å². The van der Waals surface area contributed by atoms with Crippen LogP contribution in [0.4, 0.5) is 17.2 Å². The number of carbonyl (C=O) groups is 1. The van der Waals surface area contributed by atoms with Gasteiger partial charge in [0.1, 0.15) is 17.9 Å². The molecular weight excluding hydrogens is 446 g/mol. The van der Waals surface area contributed by atoms with Crippen LogP contribution < -0.4 is 10.6 Å². The maximum atomic E-state index is 12.9. The van der Waals surface area contributed by atoms with Gasteiger partial charge in [0.05, 0.1) is 11.1 Å². The molecule has 1 amide bonds. The van der Waals surface area contributed by atoms with Gasteiger partial charge in [0, 0.05) is 27.2 Å². The average Bonchev–Trinajstić information content (AvgIpc) is 2.87. The molecule has 8 heteroatoms. The maximum Gasteiger partial charge on any atom is 0.255 e. The summed E-state index contributed by atoms with van der Waals surface area (Å²) in [5, 5.41) is 16.7. The van der Waals surface area contributed by atoms with Crippen LogP contribution in [0.3, 0.4) is 0 Å². The molecule has 5 aromatic rings. The SMILES string of the molecule is O=C(Nc1ccccc1)c1ccc(Sc2ccc(O)cc2)c(Nc2ncnc3ncccc23)c1. The smallest absolute Gasteiger partial charge is 0.255 e. The van der Waals surface area contributed by atoms with Crippen LogP contribution in [0.5, 0.6) is 5.75 Å². The van der Waals surface area contributed by atoms with Crippen LogP contribution in [0.15, 0.2) is 107 Å². The normalized spacial score (nSPS) is 10.7. The van der Waals surface area contributed by atoms with Crippen LogP contribution in [0.25, 0.3) is 11.0 Å². The highest BCUT2D eigenvalue weighted by atomic mass is 32.2. The Morgan fingerprint density at radius 3 is 2.50 bits per heavy atom. The minimum absolute atomic E-state index is 0.204. The van der Waals surface area contributed by atoms with E-state index < -0.39 is 0 Å². The highest BCUT2D eigenvalue weighted by Crippen LogP contribution is 2.37. The number of carbonyl (C=O) groups excluding carboxylic acids is 1. The third-order valence-corrected chi connectivity index (χ3v) is 6.08. The standard InChI is InChI=1S/C26H19N5O2S/c32-19-9-11-20(12-10-19)34-23-13-8-17(26(33)30-18-5-2-1-3-6-18)15-22(23)31-25-21-7-4-14-27-24(21)28-16-29-25/h1-16,32H,(H,30,33)(H,27,28,29,31). The van der Waals surface area contributed by atoms with Crippen LogP contribution >= 0.6 is 11.8 Å². The molecule has 0 bridgehead atoms. The van der Waals surface area contributed by atoms with Gasteiger partial charge in [0.2, 0.25) is 0 Å². The van der Waals surface area contributed by atoms with E-state index in [-0.39, 0.29) is 11.7 Å². The number of hydrogen-bond donors (Lipinski definition) is 3. The van der Waals surface area contributed by atoms with Crippen molar-refractivity contribution in [2.45, 2.75) is 9.79 Å². The number of phenolic OH excluding ortho intramolecular Hbond substituents is 1. The minimum atomic E-state index is -0.218. The van der Waals surface area contributed by atoms with E-state index in [2.05, 4.69) is 25.6 Å². The second kappa shape index (κ2) is 9.60. The first kappa shape index (κ1) is 21.4. The van der Waals surface area contributed by atoms with Gasteiger partial charge in [-0.05, 0) is 66.7 Å². The number of aromatic nitrogens is 3. The van der Waals surface area contributed by atoms with E-state index in [4.69, 9.17) is 0 Å². The number of phenols is 1. The highest BCUT2D eigenvalue weighted by molar-refractivity contribution is 7.99. The Bertz CT molecular complexity index is 1450. The number of rotatable bonds is 6. The van der Waals surface area contributed by atoms with Crippen molar-refractivity contribution in [3.63, 3.8) is 0 Å². The van der Waals surface area contributed by atoms with Gasteiger partial charge in [0.15, 0.2) is 5.65 Å². The quantitative estimate of drug-likeness (QED) is 0.288. The molecular formula is C26H19N5O2S. The molecule has 0 unspecified atom stereocenters. The predicted octanol–water partition coefficient (Wildman–Crippen LogP) is 5.88. The molecule has 0 saturated carbocycles. The Balaban J connectivity index is 1.51. The molecule has 3 aromatic carbocycles. The Labute approximate surface area is 199 Å².